The van der Waals surface area contributed by atoms with E-state index in [0.717, 1.165) is 36.1 Å². The molecule has 1 aromatic carbocycles. The largest absolute Gasteiger partial charge is 0.348 e. The average Bonchev–Trinajstić information content (AvgIpc) is 2.98. The number of fused-ring (bicyclic) bond motifs is 1. The minimum Gasteiger partial charge on any atom is -0.348 e. The highest BCUT2D eigenvalue weighted by atomic mass is 32.2. The maximum atomic E-state index is 12.2. The molecule has 1 aromatic heterocycles. The summed E-state index contributed by atoms with van der Waals surface area (Å²) in [6.45, 7) is 0. The van der Waals surface area contributed by atoms with Crippen molar-refractivity contribution >= 4 is 17.7 Å². The molecule has 0 bridgehead atoms. The molecule has 1 heterocycles. The molecule has 0 spiro atoms. The minimum absolute atomic E-state index is 0.0651. The zero-order valence-corrected chi connectivity index (χ0v) is 14.5. The number of benzene rings is 1. The van der Waals surface area contributed by atoms with Crippen LogP contribution in [0, 0.1) is 11.3 Å². The number of aryl methyl sites for hydroxylation is 1. The highest BCUT2D eigenvalue weighted by Crippen LogP contribution is 2.29. The second kappa shape index (κ2) is 7.54. The van der Waals surface area contributed by atoms with Gasteiger partial charge >= 0.3 is 0 Å². The van der Waals surface area contributed by atoms with E-state index in [9.17, 15) is 4.79 Å². The molecule has 2 aromatic rings. The molecule has 0 unspecified atom stereocenters. The number of nitriles is 1. The zero-order valence-electron chi connectivity index (χ0n) is 13.7. The predicted octanol–water partition coefficient (Wildman–Crippen LogP) is 2.72. The molecule has 124 valence electrons. The Labute approximate surface area is 146 Å². The van der Waals surface area contributed by atoms with Crippen LogP contribution < -0.4 is 5.32 Å². The number of thioether (sulfide) groups is 1. The van der Waals surface area contributed by atoms with E-state index in [1.807, 2.05) is 42.2 Å². The number of aromatic nitrogens is 2. The first-order chi connectivity index (χ1) is 11.7. The number of hydrogen-bond acceptors (Lipinski definition) is 4. The molecular weight excluding hydrogens is 320 g/mol. The van der Waals surface area contributed by atoms with Gasteiger partial charge < -0.3 is 5.32 Å². The summed E-state index contributed by atoms with van der Waals surface area (Å²) in [4.78, 5) is 12.2. The Kier molecular flexibility index (Phi) is 5.21. The van der Waals surface area contributed by atoms with Crippen molar-refractivity contribution in [3.63, 3.8) is 0 Å². The molecule has 0 aliphatic heterocycles. The first-order valence-corrected chi connectivity index (χ1v) is 9.20. The van der Waals surface area contributed by atoms with Gasteiger partial charge in [0.25, 0.3) is 0 Å². The maximum Gasteiger partial charge on any atom is 0.230 e. The van der Waals surface area contributed by atoms with E-state index in [4.69, 9.17) is 5.26 Å². The summed E-state index contributed by atoms with van der Waals surface area (Å²) >= 11 is 1.59. The van der Waals surface area contributed by atoms with Crippen LogP contribution in [-0.4, -0.2) is 21.4 Å². The Morgan fingerprint density at radius 3 is 3.00 bits per heavy atom. The van der Waals surface area contributed by atoms with Gasteiger partial charge in [0.1, 0.15) is 0 Å². The normalized spacial score (nSPS) is 16.2. The number of amides is 1. The van der Waals surface area contributed by atoms with Crippen LogP contribution in [0.4, 0.5) is 0 Å². The standard InChI is InChI=1S/C18H20N4OS/c1-22-17-4-2-3-16(15(17)10-20-22)21-18(23)12-24-11-14-7-5-13(9-19)6-8-14/h5-8,10,16H,2-4,11-12H2,1H3,(H,21,23)/t16-/m1/s1. The summed E-state index contributed by atoms with van der Waals surface area (Å²) in [7, 11) is 1.95. The Balaban J connectivity index is 1.49. The average molecular weight is 340 g/mol. The fourth-order valence-corrected chi connectivity index (χ4v) is 3.83. The van der Waals surface area contributed by atoms with Crippen molar-refractivity contribution in [3.05, 3.63) is 52.8 Å². The smallest absolute Gasteiger partial charge is 0.230 e. The van der Waals surface area contributed by atoms with Gasteiger partial charge in [-0.3, -0.25) is 9.48 Å². The lowest BCUT2D eigenvalue weighted by Gasteiger charge is -2.23. The predicted molar refractivity (Wildman–Crippen MR) is 94.3 cm³/mol. The summed E-state index contributed by atoms with van der Waals surface area (Å²) < 4.78 is 1.91. The summed E-state index contributed by atoms with van der Waals surface area (Å²) in [5, 5.41) is 16.2. The molecule has 0 fully saturated rings. The van der Waals surface area contributed by atoms with Crippen LogP contribution in [0.3, 0.4) is 0 Å². The number of carbonyl (C=O) groups is 1. The Hall–Kier alpha value is -2.26. The molecule has 5 nitrogen and oxygen atoms in total. The Morgan fingerprint density at radius 2 is 2.25 bits per heavy atom. The van der Waals surface area contributed by atoms with Crippen molar-refractivity contribution in [2.45, 2.75) is 31.1 Å². The van der Waals surface area contributed by atoms with Gasteiger partial charge in [0.15, 0.2) is 0 Å². The van der Waals surface area contributed by atoms with Crippen LogP contribution in [-0.2, 0) is 24.0 Å². The van der Waals surface area contributed by atoms with E-state index in [2.05, 4.69) is 16.5 Å². The fraction of sp³-hybridized carbons (Fsp3) is 0.389. The highest BCUT2D eigenvalue weighted by molar-refractivity contribution is 7.99. The number of carbonyl (C=O) groups excluding carboxylic acids is 1. The van der Waals surface area contributed by atoms with Crippen molar-refractivity contribution < 1.29 is 4.79 Å². The van der Waals surface area contributed by atoms with Crippen LogP contribution in [0.25, 0.3) is 0 Å². The summed E-state index contributed by atoms with van der Waals surface area (Å²) in [5.74, 6) is 1.27. The lowest BCUT2D eigenvalue weighted by atomic mass is 9.93. The molecule has 1 aliphatic carbocycles. The molecule has 0 saturated heterocycles. The minimum atomic E-state index is 0.0651. The maximum absolute atomic E-state index is 12.2. The van der Waals surface area contributed by atoms with Crippen LogP contribution in [0.1, 0.15) is 41.3 Å². The molecular formula is C18H20N4OS. The number of hydrogen-bond donors (Lipinski definition) is 1. The molecule has 1 amide bonds. The molecule has 0 radical (unpaired) electrons. The van der Waals surface area contributed by atoms with Crippen LogP contribution in [0.2, 0.25) is 0 Å². The molecule has 0 saturated carbocycles. The van der Waals surface area contributed by atoms with Crippen LogP contribution >= 0.6 is 11.8 Å². The van der Waals surface area contributed by atoms with E-state index in [1.165, 1.54) is 5.69 Å². The van der Waals surface area contributed by atoms with Crippen LogP contribution in [0.15, 0.2) is 30.5 Å². The lowest BCUT2D eigenvalue weighted by molar-refractivity contribution is -0.119. The third-order valence-electron chi connectivity index (χ3n) is 4.30. The SMILES string of the molecule is Cn1ncc2c1CCC[C@H]2NC(=O)CSCc1ccc(C#N)cc1. The van der Waals surface area contributed by atoms with Crippen LogP contribution in [0.5, 0.6) is 0 Å². The van der Waals surface area contributed by atoms with Gasteiger partial charge in [-0.2, -0.15) is 10.4 Å². The fourth-order valence-electron chi connectivity index (χ4n) is 3.03. The van der Waals surface area contributed by atoms with E-state index < -0.39 is 0 Å². The molecule has 6 heteroatoms. The van der Waals surface area contributed by atoms with E-state index in [1.54, 1.807) is 11.8 Å². The number of nitrogens with zero attached hydrogens (tertiary/aromatic N) is 3. The second-order valence-electron chi connectivity index (χ2n) is 5.98. The first kappa shape index (κ1) is 16.6. The van der Waals surface area contributed by atoms with Gasteiger partial charge in [-0.15, -0.1) is 11.8 Å². The molecule has 1 aliphatic rings. The summed E-state index contributed by atoms with van der Waals surface area (Å²) in [6, 6.07) is 9.68. The van der Waals surface area contributed by atoms with Gasteiger partial charge in [0, 0.05) is 24.1 Å². The topological polar surface area (TPSA) is 70.7 Å². The van der Waals surface area contributed by atoms with Gasteiger partial charge in [-0.1, -0.05) is 12.1 Å². The second-order valence-corrected chi connectivity index (χ2v) is 6.97. The van der Waals surface area contributed by atoms with Crippen molar-refractivity contribution in [1.29, 1.82) is 5.26 Å². The van der Waals surface area contributed by atoms with E-state index >= 15 is 0 Å². The molecule has 24 heavy (non-hydrogen) atoms. The third-order valence-corrected chi connectivity index (χ3v) is 5.30. The molecule has 3 rings (SSSR count). The van der Waals surface area contributed by atoms with Crippen molar-refractivity contribution in [2.24, 2.45) is 7.05 Å². The van der Waals surface area contributed by atoms with Gasteiger partial charge in [0.2, 0.25) is 5.91 Å². The number of nitrogens with one attached hydrogen (secondary N) is 1. The van der Waals surface area contributed by atoms with E-state index in [0.29, 0.717) is 11.3 Å². The molecule has 1 N–H and O–H groups in total. The van der Waals surface area contributed by atoms with Gasteiger partial charge in [-0.05, 0) is 37.0 Å². The first-order valence-electron chi connectivity index (χ1n) is 8.04. The van der Waals surface area contributed by atoms with Gasteiger partial charge in [-0.25, -0.2) is 0 Å². The monoisotopic (exact) mass is 340 g/mol. The molecule has 1 atom stereocenters. The van der Waals surface area contributed by atoms with Crippen molar-refractivity contribution in [1.82, 2.24) is 15.1 Å². The summed E-state index contributed by atoms with van der Waals surface area (Å²) in [5.41, 5.74) is 4.18. The quantitative estimate of drug-likeness (QED) is 0.908. The van der Waals surface area contributed by atoms with Crippen molar-refractivity contribution in [3.8, 4) is 6.07 Å². The Morgan fingerprint density at radius 1 is 1.46 bits per heavy atom. The third kappa shape index (κ3) is 3.80. The van der Waals surface area contributed by atoms with Crippen molar-refractivity contribution in [2.75, 3.05) is 5.75 Å². The highest BCUT2D eigenvalue weighted by Gasteiger charge is 2.24. The van der Waals surface area contributed by atoms with Gasteiger partial charge in [0.05, 0.1) is 29.6 Å². The lowest BCUT2D eigenvalue weighted by Crippen LogP contribution is -2.32. The Bertz CT molecular complexity index is 760. The van der Waals surface area contributed by atoms with E-state index in [-0.39, 0.29) is 11.9 Å². The zero-order chi connectivity index (χ0) is 16.9. The number of rotatable bonds is 5. The summed E-state index contributed by atoms with van der Waals surface area (Å²) in [6.07, 6.45) is 4.97.